The molecule has 1 heterocycles. The Balaban J connectivity index is 1.53. The third-order valence-corrected chi connectivity index (χ3v) is 5.40. The fourth-order valence-electron chi connectivity index (χ4n) is 2.89. The molecule has 5 heteroatoms. The topological polar surface area (TPSA) is 46.4 Å². The lowest BCUT2D eigenvalue weighted by molar-refractivity contribution is -0.890. The first-order valence-corrected chi connectivity index (χ1v) is 9.41. The molecular weight excluding hydrogens is 330 g/mol. The zero-order chi connectivity index (χ0) is 17.6. The Bertz CT molecular complexity index is 796. The van der Waals surface area contributed by atoms with E-state index in [0.29, 0.717) is 19.4 Å². The van der Waals surface area contributed by atoms with Gasteiger partial charge in [0.15, 0.2) is 0 Å². The standard InChI is InChI=1S/C20H23N3OS/c1-23(2)17(15-8-4-3-5-9-15)14-21-19(24)12-13-20-22-16-10-6-7-11-18(16)25-20/h3-11,17H,12-14H2,1-2H3,(H,21,24)/p+1/t17-/m1/s1. The number of hydrogen-bond acceptors (Lipinski definition) is 3. The van der Waals surface area contributed by atoms with Gasteiger partial charge in [0.05, 0.1) is 35.9 Å². The first-order valence-electron chi connectivity index (χ1n) is 8.59. The molecule has 0 aliphatic rings. The van der Waals surface area contributed by atoms with E-state index in [1.807, 2.05) is 36.4 Å². The van der Waals surface area contributed by atoms with Crippen LogP contribution >= 0.6 is 11.3 Å². The molecule has 3 aromatic rings. The van der Waals surface area contributed by atoms with Crippen LogP contribution in [-0.4, -0.2) is 31.5 Å². The zero-order valence-electron chi connectivity index (χ0n) is 14.7. The van der Waals surface area contributed by atoms with Crippen molar-refractivity contribution in [1.29, 1.82) is 0 Å². The fourth-order valence-corrected chi connectivity index (χ4v) is 3.86. The van der Waals surface area contributed by atoms with E-state index in [0.717, 1.165) is 10.5 Å². The van der Waals surface area contributed by atoms with Crippen molar-refractivity contribution in [3.63, 3.8) is 0 Å². The number of thiazole rings is 1. The van der Waals surface area contributed by atoms with E-state index in [1.165, 1.54) is 15.2 Å². The average molecular weight is 354 g/mol. The molecule has 25 heavy (non-hydrogen) atoms. The van der Waals surface area contributed by atoms with Crippen LogP contribution in [0.5, 0.6) is 0 Å². The maximum atomic E-state index is 12.2. The highest BCUT2D eigenvalue weighted by molar-refractivity contribution is 7.18. The van der Waals surface area contributed by atoms with Gasteiger partial charge in [0.1, 0.15) is 6.04 Å². The molecule has 4 nitrogen and oxygen atoms in total. The van der Waals surface area contributed by atoms with Crippen LogP contribution < -0.4 is 10.2 Å². The molecule has 1 atom stereocenters. The molecule has 0 bridgehead atoms. The highest BCUT2D eigenvalue weighted by atomic mass is 32.1. The number of carbonyl (C=O) groups excluding carboxylic acids is 1. The summed E-state index contributed by atoms with van der Waals surface area (Å²) in [6, 6.07) is 18.7. The number of aryl methyl sites for hydroxylation is 1. The molecule has 0 saturated heterocycles. The van der Waals surface area contributed by atoms with E-state index in [1.54, 1.807) is 11.3 Å². The average Bonchev–Trinajstić information content (AvgIpc) is 3.04. The Kier molecular flexibility index (Phi) is 5.79. The molecule has 0 radical (unpaired) electrons. The normalized spacial score (nSPS) is 12.4. The van der Waals surface area contributed by atoms with Crippen LogP contribution in [0.25, 0.3) is 10.2 Å². The third-order valence-electron chi connectivity index (χ3n) is 4.31. The van der Waals surface area contributed by atoms with Crippen molar-refractivity contribution in [2.45, 2.75) is 18.9 Å². The number of likely N-dealkylation sites (N-methyl/N-ethyl adjacent to an activating group) is 1. The minimum absolute atomic E-state index is 0.0847. The van der Waals surface area contributed by atoms with E-state index in [-0.39, 0.29) is 11.9 Å². The monoisotopic (exact) mass is 354 g/mol. The lowest BCUT2D eigenvalue weighted by Crippen LogP contribution is -3.07. The Labute approximate surface area is 152 Å². The molecule has 0 aliphatic carbocycles. The number of aromatic nitrogens is 1. The number of fused-ring (bicyclic) bond motifs is 1. The quantitative estimate of drug-likeness (QED) is 0.683. The van der Waals surface area contributed by atoms with E-state index in [9.17, 15) is 4.79 Å². The number of hydrogen-bond donors (Lipinski definition) is 2. The highest BCUT2D eigenvalue weighted by Crippen LogP contribution is 2.22. The summed E-state index contributed by atoms with van der Waals surface area (Å²) >= 11 is 1.67. The van der Waals surface area contributed by atoms with Crippen LogP contribution in [0.1, 0.15) is 23.0 Å². The number of para-hydroxylation sites is 1. The van der Waals surface area contributed by atoms with Crippen molar-refractivity contribution >= 4 is 27.5 Å². The van der Waals surface area contributed by atoms with E-state index in [4.69, 9.17) is 0 Å². The van der Waals surface area contributed by atoms with Gasteiger partial charge in [0, 0.05) is 18.4 Å². The maximum Gasteiger partial charge on any atom is 0.220 e. The van der Waals surface area contributed by atoms with Crippen LogP contribution in [0.4, 0.5) is 0 Å². The molecule has 0 saturated carbocycles. The van der Waals surface area contributed by atoms with Gasteiger partial charge in [0.25, 0.3) is 0 Å². The van der Waals surface area contributed by atoms with E-state index < -0.39 is 0 Å². The molecular formula is C20H24N3OS+. The SMILES string of the molecule is C[NH+](C)[C@H](CNC(=O)CCc1nc2ccccc2s1)c1ccccc1. The summed E-state index contributed by atoms with van der Waals surface area (Å²) in [6.45, 7) is 0.644. The predicted molar refractivity (Wildman–Crippen MR) is 103 cm³/mol. The second kappa shape index (κ2) is 8.23. The molecule has 0 unspecified atom stereocenters. The number of amides is 1. The molecule has 0 spiro atoms. The summed E-state index contributed by atoms with van der Waals surface area (Å²) in [6.07, 6.45) is 1.17. The summed E-state index contributed by atoms with van der Waals surface area (Å²) in [7, 11) is 4.23. The molecule has 130 valence electrons. The van der Waals surface area contributed by atoms with Crippen molar-refractivity contribution in [3.05, 3.63) is 65.2 Å². The van der Waals surface area contributed by atoms with Crippen molar-refractivity contribution < 1.29 is 9.69 Å². The largest absolute Gasteiger partial charge is 0.350 e. The molecule has 2 N–H and O–H groups in total. The Hall–Kier alpha value is -2.24. The zero-order valence-corrected chi connectivity index (χ0v) is 15.5. The number of nitrogens with one attached hydrogen (secondary N) is 2. The number of rotatable bonds is 7. The van der Waals surface area contributed by atoms with Crippen molar-refractivity contribution in [3.8, 4) is 0 Å². The van der Waals surface area contributed by atoms with Crippen LogP contribution in [0.3, 0.4) is 0 Å². The molecule has 2 aromatic carbocycles. The van der Waals surface area contributed by atoms with E-state index in [2.05, 4.69) is 42.6 Å². The first kappa shape index (κ1) is 17.6. The highest BCUT2D eigenvalue weighted by Gasteiger charge is 2.18. The minimum atomic E-state index is 0.0847. The Morgan fingerprint density at radius 3 is 2.56 bits per heavy atom. The fraction of sp³-hybridized carbons (Fsp3) is 0.300. The smallest absolute Gasteiger partial charge is 0.220 e. The van der Waals surface area contributed by atoms with Gasteiger partial charge in [-0.25, -0.2) is 4.98 Å². The van der Waals surface area contributed by atoms with Crippen molar-refractivity contribution in [2.24, 2.45) is 0 Å². The molecule has 3 rings (SSSR count). The summed E-state index contributed by atoms with van der Waals surface area (Å²) in [5, 5.41) is 4.11. The van der Waals surface area contributed by atoms with Crippen LogP contribution in [0.2, 0.25) is 0 Å². The van der Waals surface area contributed by atoms with E-state index >= 15 is 0 Å². The maximum absolute atomic E-state index is 12.2. The summed E-state index contributed by atoms with van der Waals surface area (Å²) in [4.78, 5) is 18.1. The second-order valence-electron chi connectivity index (χ2n) is 6.42. The van der Waals surface area contributed by atoms with Gasteiger partial charge < -0.3 is 10.2 Å². The summed E-state index contributed by atoms with van der Waals surface area (Å²) in [5.41, 5.74) is 2.26. The molecule has 0 aliphatic heterocycles. The lowest BCUT2D eigenvalue weighted by Gasteiger charge is -2.22. The van der Waals surface area contributed by atoms with Crippen LogP contribution in [-0.2, 0) is 11.2 Å². The second-order valence-corrected chi connectivity index (χ2v) is 7.54. The molecule has 1 aromatic heterocycles. The van der Waals surface area contributed by atoms with Crippen LogP contribution in [0.15, 0.2) is 54.6 Å². The van der Waals surface area contributed by atoms with Crippen LogP contribution in [0, 0.1) is 0 Å². The van der Waals surface area contributed by atoms with Crippen molar-refractivity contribution in [1.82, 2.24) is 10.3 Å². The number of nitrogens with zero attached hydrogens (tertiary/aromatic N) is 1. The number of quaternary nitrogens is 1. The van der Waals surface area contributed by atoms with Gasteiger partial charge >= 0.3 is 0 Å². The van der Waals surface area contributed by atoms with Gasteiger partial charge in [0.2, 0.25) is 5.91 Å². The molecule has 0 fully saturated rings. The molecule has 1 amide bonds. The predicted octanol–water partition coefficient (Wildman–Crippen LogP) is 2.23. The minimum Gasteiger partial charge on any atom is -0.350 e. The van der Waals surface area contributed by atoms with Gasteiger partial charge in [-0.2, -0.15) is 0 Å². The third kappa shape index (κ3) is 4.65. The van der Waals surface area contributed by atoms with Gasteiger partial charge in [-0.1, -0.05) is 42.5 Å². The Morgan fingerprint density at radius 2 is 1.84 bits per heavy atom. The number of benzene rings is 2. The van der Waals surface area contributed by atoms with Gasteiger partial charge in [-0.15, -0.1) is 11.3 Å². The lowest BCUT2D eigenvalue weighted by atomic mass is 10.1. The number of carbonyl (C=O) groups is 1. The Morgan fingerprint density at radius 1 is 1.12 bits per heavy atom. The van der Waals surface area contributed by atoms with Gasteiger partial charge in [-0.05, 0) is 12.1 Å². The summed E-state index contributed by atoms with van der Waals surface area (Å²) in [5.74, 6) is 0.0847. The van der Waals surface area contributed by atoms with Gasteiger partial charge in [-0.3, -0.25) is 4.79 Å². The van der Waals surface area contributed by atoms with Crippen molar-refractivity contribution in [2.75, 3.05) is 20.6 Å². The summed E-state index contributed by atoms with van der Waals surface area (Å²) < 4.78 is 1.18. The first-order chi connectivity index (χ1) is 12.1.